The summed E-state index contributed by atoms with van der Waals surface area (Å²) in [5, 5.41) is 16.9. The number of thioether (sulfide) groups is 1. The molecule has 1 amide bonds. The van der Waals surface area contributed by atoms with Gasteiger partial charge in [0, 0.05) is 35.9 Å². The van der Waals surface area contributed by atoms with E-state index in [0.717, 1.165) is 18.1 Å². The third-order valence-corrected chi connectivity index (χ3v) is 4.62. The Labute approximate surface area is 119 Å². The SMILES string of the molecule is O=C(CC1CSCCN1)NCc1nc(C(=O)O)cs1. The number of carboxylic acid groups (broad SMARTS) is 1. The van der Waals surface area contributed by atoms with Crippen LogP contribution in [0.1, 0.15) is 21.9 Å². The van der Waals surface area contributed by atoms with E-state index >= 15 is 0 Å². The topological polar surface area (TPSA) is 91.3 Å². The number of nitrogens with one attached hydrogen (secondary N) is 2. The van der Waals surface area contributed by atoms with Crippen LogP contribution in [-0.2, 0) is 11.3 Å². The number of nitrogens with zero attached hydrogens (tertiary/aromatic N) is 1. The molecule has 1 fully saturated rings. The van der Waals surface area contributed by atoms with Gasteiger partial charge < -0.3 is 15.7 Å². The summed E-state index contributed by atoms with van der Waals surface area (Å²) in [5.74, 6) is 0.965. The molecule has 104 valence electrons. The van der Waals surface area contributed by atoms with Crippen molar-refractivity contribution in [1.82, 2.24) is 15.6 Å². The number of aromatic nitrogens is 1. The number of hydrogen-bond acceptors (Lipinski definition) is 6. The highest BCUT2D eigenvalue weighted by atomic mass is 32.2. The zero-order valence-electron chi connectivity index (χ0n) is 10.2. The molecule has 1 atom stereocenters. The zero-order valence-corrected chi connectivity index (χ0v) is 11.9. The lowest BCUT2D eigenvalue weighted by molar-refractivity contribution is -0.121. The van der Waals surface area contributed by atoms with E-state index in [-0.39, 0.29) is 24.2 Å². The van der Waals surface area contributed by atoms with Crippen LogP contribution in [0.15, 0.2) is 5.38 Å². The first-order valence-electron chi connectivity index (χ1n) is 5.90. The maximum atomic E-state index is 11.7. The lowest BCUT2D eigenvalue weighted by Gasteiger charge is -2.22. The van der Waals surface area contributed by atoms with Crippen molar-refractivity contribution in [3.8, 4) is 0 Å². The van der Waals surface area contributed by atoms with Crippen molar-refractivity contribution in [1.29, 1.82) is 0 Å². The van der Waals surface area contributed by atoms with Crippen molar-refractivity contribution < 1.29 is 14.7 Å². The van der Waals surface area contributed by atoms with Gasteiger partial charge in [-0.25, -0.2) is 9.78 Å². The monoisotopic (exact) mass is 301 g/mol. The van der Waals surface area contributed by atoms with Gasteiger partial charge in [0.15, 0.2) is 5.69 Å². The Morgan fingerprint density at radius 2 is 2.42 bits per heavy atom. The summed E-state index contributed by atoms with van der Waals surface area (Å²) < 4.78 is 0. The van der Waals surface area contributed by atoms with Gasteiger partial charge in [-0.1, -0.05) is 0 Å². The molecule has 0 saturated carbocycles. The number of rotatable bonds is 5. The molecule has 6 nitrogen and oxygen atoms in total. The Balaban J connectivity index is 1.74. The van der Waals surface area contributed by atoms with Gasteiger partial charge in [0.2, 0.25) is 5.91 Å². The van der Waals surface area contributed by atoms with Gasteiger partial charge in [0.05, 0.1) is 6.54 Å². The molecule has 0 aliphatic carbocycles. The molecule has 0 aromatic carbocycles. The summed E-state index contributed by atoms with van der Waals surface area (Å²) in [6, 6.07) is 0.227. The van der Waals surface area contributed by atoms with E-state index in [1.165, 1.54) is 16.7 Å². The molecule has 2 rings (SSSR count). The van der Waals surface area contributed by atoms with Crippen LogP contribution >= 0.6 is 23.1 Å². The summed E-state index contributed by atoms with van der Waals surface area (Å²) in [6.45, 7) is 1.23. The van der Waals surface area contributed by atoms with Crippen LogP contribution in [0.5, 0.6) is 0 Å². The third kappa shape index (κ3) is 4.48. The Hall–Kier alpha value is -1.12. The van der Waals surface area contributed by atoms with Gasteiger partial charge >= 0.3 is 5.97 Å². The molecule has 1 unspecified atom stereocenters. The Morgan fingerprint density at radius 3 is 3.05 bits per heavy atom. The van der Waals surface area contributed by atoms with Gasteiger partial charge in [-0.15, -0.1) is 11.3 Å². The van der Waals surface area contributed by atoms with E-state index in [9.17, 15) is 9.59 Å². The standard InChI is InChI=1S/C11H15N3O3S2/c15-9(3-7-5-18-2-1-12-7)13-4-10-14-8(6-19-10)11(16)17/h6-7,12H,1-5H2,(H,13,15)(H,16,17). The number of amides is 1. The van der Waals surface area contributed by atoms with E-state index in [1.807, 2.05) is 11.8 Å². The maximum absolute atomic E-state index is 11.7. The van der Waals surface area contributed by atoms with E-state index < -0.39 is 5.97 Å². The van der Waals surface area contributed by atoms with E-state index in [0.29, 0.717) is 11.4 Å². The molecule has 1 aromatic heterocycles. The number of carboxylic acids is 1. The fourth-order valence-corrected chi connectivity index (χ4v) is 3.37. The molecule has 1 saturated heterocycles. The highest BCUT2D eigenvalue weighted by molar-refractivity contribution is 7.99. The van der Waals surface area contributed by atoms with Crippen LogP contribution in [0.2, 0.25) is 0 Å². The summed E-state index contributed by atoms with van der Waals surface area (Å²) in [5.41, 5.74) is 0.0274. The summed E-state index contributed by atoms with van der Waals surface area (Å²) in [4.78, 5) is 26.3. The van der Waals surface area contributed by atoms with Crippen molar-refractivity contribution in [3.05, 3.63) is 16.1 Å². The molecular formula is C11H15N3O3S2. The van der Waals surface area contributed by atoms with Crippen molar-refractivity contribution >= 4 is 35.0 Å². The van der Waals surface area contributed by atoms with E-state index in [2.05, 4.69) is 15.6 Å². The van der Waals surface area contributed by atoms with Crippen molar-refractivity contribution in [2.45, 2.75) is 19.0 Å². The first kappa shape index (κ1) is 14.3. The fourth-order valence-electron chi connectivity index (χ4n) is 1.71. The largest absolute Gasteiger partial charge is 0.476 e. The molecule has 3 N–H and O–H groups in total. The number of carbonyl (C=O) groups is 2. The Kier molecular flexibility index (Phi) is 5.17. The first-order valence-corrected chi connectivity index (χ1v) is 7.94. The van der Waals surface area contributed by atoms with Gasteiger partial charge in [-0.05, 0) is 0 Å². The Bertz CT molecular complexity index is 458. The summed E-state index contributed by atoms with van der Waals surface area (Å²) in [6.07, 6.45) is 0.449. The predicted octanol–water partition coefficient (Wildman–Crippen LogP) is 0.553. The fraction of sp³-hybridized carbons (Fsp3) is 0.545. The molecular weight excluding hydrogens is 286 g/mol. The third-order valence-electron chi connectivity index (χ3n) is 2.64. The second kappa shape index (κ2) is 6.88. The average molecular weight is 301 g/mol. The number of thiazole rings is 1. The molecule has 1 aliphatic rings. The van der Waals surface area contributed by atoms with Crippen LogP contribution in [0, 0.1) is 0 Å². The van der Waals surface area contributed by atoms with Gasteiger partial charge in [-0.2, -0.15) is 11.8 Å². The molecule has 0 radical (unpaired) electrons. The highest BCUT2D eigenvalue weighted by Crippen LogP contribution is 2.11. The van der Waals surface area contributed by atoms with Crippen LogP contribution in [0.4, 0.5) is 0 Å². The molecule has 1 aromatic rings. The van der Waals surface area contributed by atoms with Gasteiger partial charge in [0.25, 0.3) is 0 Å². The van der Waals surface area contributed by atoms with Crippen LogP contribution in [0.3, 0.4) is 0 Å². The van der Waals surface area contributed by atoms with Crippen molar-refractivity contribution in [2.24, 2.45) is 0 Å². The van der Waals surface area contributed by atoms with Crippen LogP contribution in [-0.4, -0.2) is 46.1 Å². The minimum absolute atomic E-state index is 0.0274. The minimum atomic E-state index is -1.04. The summed E-state index contributed by atoms with van der Waals surface area (Å²) >= 11 is 3.09. The molecule has 0 bridgehead atoms. The summed E-state index contributed by atoms with van der Waals surface area (Å²) in [7, 11) is 0. The van der Waals surface area contributed by atoms with E-state index in [4.69, 9.17) is 5.11 Å². The second-order valence-corrected chi connectivity index (χ2v) is 6.23. The molecule has 1 aliphatic heterocycles. The predicted molar refractivity (Wildman–Crippen MR) is 74.7 cm³/mol. The normalized spacial score (nSPS) is 19.1. The van der Waals surface area contributed by atoms with E-state index in [1.54, 1.807) is 0 Å². The van der Waals surface area contributed by atoms with Crippen LogP contribution < -0.4 is 10.6 Å². The molecule has 2 heterocycles. The number of aromatic carboxylic acids is 1. The van der Waals surface area contributed by atoms with Crippen molar-refractivity contribution in [2.75, 3.05) is 18.1 Å². The lowest BCUT2D eigenvalue weighted by Crippen LogP contribution is -2.41. The van der Waals surface area contributed by atoms with Crippen molar-refractivity contribution in [3.63, 3.8) is 0 Å². The lowest BCUT2D eigenvalue weighted by atomic mass is 10.2. The van der Waals surface area contributed by atoms with Crippen LogP contribution in [0.25, 0.3) is 0 Å². The highest BCUT2D eigenvalue weighted by Gasteiger charge is 2.17. The zero-order chi connectivity index (χ0) is 13.7. The Morgan fingerprint density at radius 1 is 1.58 bits per heavy atom. The smallest absolute Gasteiger partial charge is 0.355 e. The molecule has 8 heteroatoms. The van der Waals surface area contributed by atoms with Gasteiger partial charge in [-0.3, -0.25) is 4.79 Å². The molecule has 19 heavy (non-hydrogen) atoms. The maximum Gasteiger partial charge on any atom is 0.355 e. The number of carbonyl (C=O) groups excluding carboxylic acids is 1. The minimum Gasteiger partial charge on any atom is -0.476 e. The number of hydrogen-bond donors (Lipinski definition) is 3. The second-order valence-electron chi connectivity index (χ2n) is 4.14. The first-order chi connectivity index (χ1) is 9.15. The molecule has 0 spiro atoms. The quantitative estimate of drug-likeness (QED) is 0.736. The average Bonchev–Trinajstić information content (AvgIpc) is 2.86. The van der Waals surface area contributed by atoms with Gasteiger partial charge in [0.1, 0.15) is 5.01 Å².